The number of thiazole rings is 1. The predicted octanol–water partition coefficient (Wildman–Crippen LogP) is 2.56. The van der Waals surface area contributed by atoms with E-state index >= 15 is 0 Å². The topological polar surface area (TPSA) is 107 Å². The largest absolute Gasteiger partial charge is 0.493 e. The monoisotopic (exact) mass is 394 g/mol. The summed E-state index contributed by atoms with van der Waals surface area (Å²) in [6.45, 7) is 2.04. The van der Waals surface area contributed by atoms with Gasteiger partial charge in [-0.15, -0.1) is 11.3 Å². The second-order valence-electron chi connectivity index (χ2n) is 5.69. The summed E-state index contributed by atoms with van der Waals surface area (Å²) in [6.07, 6.45) is -0.274. The Morgan fingerprint density at radius 3 is 2.52 bits per heavy atom. The predicted molar refractivity (Wildman–Crippen MR) is 99.6 cm³/mol. The van der Waals surface area contributed by atoms with Crippen molar-refractivity contribution < 1.29 is 28.9 Å². The van der Waals surface area contributed by atoms with Crippen molar-refractivity contribution in [2.24, 2.45) is 0 Å². The average Bonchev–Trinajstić information content (AvgIpc) is 3.00. The number of aliphatic carboxylic acids is 1. The van der Waals surface area contributed by atoms with Crippen LogP contribution in [0.3, 0.4) is 0 Å². The van der Waals surface area contributed by atoms with E-state index in [0.29, 0.717) is 39.2 Å². The van der Waals surface area contributed by atoms with Crippen molar-refractivity contribution in [2.75, 3.05) is 21.3 Å². The summed E-state index contributed by atoms with van der Waals surface area (Å²) in [5.41, 5.74) is 1.17. The van der Waals surface area contributed by atoms with Crippen molar-refractivity contribution in [3.8, 4) is 11.5 Å². The van der Waals surface area contributed by atoms with Crippen LogP contribution < -0.4 is 14.8 Å². The molecule has 0 saturated heterocycles. The lowest BCUT2D eigenvalue weighted by atomic mass is 10.0. The van der Waals surface area contributed by atoms with Crippen molar-refractivity contribution in [3.05, 3.63) is 39.3 Å². The fourth-order valence-electron chi connectivity index (χ4n) is 2.57. The van der Waals surface area contributed by atoms with E-state index in [9.17, 15) is 14.7 Å². The van der Waals surface area contributed by atoms with E-state index in [-0.39, 0.29) is 12.3 Å². The molecular weight excluding hydrogens is 372 g/mol. The molecule has 2 aromatic rings. The normalized spacial score (nSPS) is 11.7. The van der Waals surface area contributed by atoms with Gasteiger partial charge < -0.3 is 24.6 Å². The Labute approximate surface area is 161 Å². The maximum absolute atomic E-state index is 12.7. The molecule has 1 unspecified atom stereocenters. The molecule has 1 aromatic heterocycles. The number of aryl methyl sites for hydroxylation is 1. The molecule has 27 heavy (non-hydrogen) atoms. The van der Waals surface area contributed by atoms with E-state index in [1.807, 2.05) is 0 Å². The van der Waals surface area contributed by atoms with Gasteiger partial charge in [0.1, 0.15) is 9.88 Å². The van der Waals surface area contributed by atoms with Gasteiger partial charge in [-0.05, 0) is 24.6 Å². The molecule has 0 spiro atoms. The van der Waals surface area contributed by atoms with Crippen molar-refractivity contribution in [1.82, 2.24) is 10.3 Å². The number of aromatic nitrogens is 1. The van der Waals surface area contributed by atoms with Crippen molar-refractivity contribution in [3.63, 3.8) is 0 Å². The molecule has 0 fully saturated rings. The van der Waals surface area contributed by atoms with Crippen molar-refractivity contribution in [2.45, 2.75) is 26.0 Å². The standard InChI is InChI=1S/C18H22N2O6S/c1-10-17(27-15(19-10)9-24-2)18(23)20-12(8-16(21)22)11-5-6-13(25-3)14(7-11)26-4/h5-7,12H,8-9H2,1-4H3,(H,20,23)(H,21,22). The van der Waals surface area contributed by atoms with Gasteiger partial charge in [-0.3, -0.25) is 9.59 Å². The number of ether oxygens (including phenoxy) is 3. The molecule has 1 amide bonds. The minimum atomic E-state index is -1.03. The molecule has 146 valence electrons. The third kappa shape index (κ3) is 5.18. The molecule has 9 heteroatoms. The molecule has 0 aliphatic heterocycles. The van der Waals surface area contributed by atoms with Crippen LogP contribution in [-0.4, -0.2) is 43.3 Å². The first-order valence-electron chi connectivity index (χ1n) is 8.09. The van der Waals surface area contributed by atoms with Gasteiger partial charge >= 0.3 is 5.97 Å². The Morgan fingerprint density at radius 1 is 1.22 bits per heavy atom. The van der Waals surface area contributed by atoms with Gasteiger partial charge in [-0.2, -0.15) is 0 Å². The third-order valence-electron chi connectivity index (χ3n) is 3.81. The van der Waals surface area contributed by atoms with Crippen molar-refractivity contribution >= 4 is 23.2 Å². The quantitative estimate of drug-likeness (QED) is 0.673. The van der Waals surface area contributed by atoms with Crippen LogP contribution in [0.25, 0.3) is 0 Å². The van der Waals surface area contributed by atoms with Crippen LogP contribution in [0.2, 0.25) is 0 Å². The van der Waals surface area contributed by atoms with Gasteiger partial charge in [0, 0.05) is 7.11 Å². The van der Waals surface area contributed by atoms with Crippen LogP contribution in [-0.2, 0) is 16.1 Å². The van der Waals surface area contributed by atoms with Crippen LogP contribution in [0, 0.1) is 6.92 Å². The summed E-state index contributed by atoms with van der Waals surface area (Å²) >= 11 is 1.22. The fourth-order valence-corrected chi connectivity index (χ4v) is 3.51. The zero-order chi connectivity index (χ0) is 20.0. The summed E-state index contributed by atoms with van der Waals surface area (Å²) in [7, 11) is 4.55. The number of nitrogens with one attached hydrogen (secondary N) is 1. The van der Waals surface area contributed by atoms with E-state index in [2.05, 4.69) is 10.3 Å². The van der Waals surface area contributed by atoms with E-state index in [0.717, 1.165) is 0 Å². The van der Waals surface area contributed by atoms with Crippen LogP contribution in [0.5, 0.6) is 11.5 Å². The first-order chi connectivity index (χ1) is 12.9. The molecule has 0 bridgehead atoms. The number of hydrogen-bond acceptors (Lipinski definition) is 7. The second-order valence-corrected chi connectivity index (χ2v) is 6.78. The molecule has 2 rings (SSSR count). The van der Waals surface area contributed by atoms with E-state index in [1.54, 1.807) is 32.2 Å². The lowest BCUT2D eigenvalue weighted by molar-refractivity contribution is -0.137. The first kappa shape index (κ1) is 20.7. The first-order valence-corrected chi connectivity index (χ1v) is 8.91. The Hall–Kier alpha value is -2.65. The minimum Gasteiger partial charge on any atom is -0.493 e. The second kappa shape index (κ2) is 9.33. The molecule has 1 heterocycles. The van der Waals surface area contributed by atoms with Gasteiger partial charge in [0.2, 0.25) is 0 Å². The molecule has 8 nitrogen and oxygen atoms in total. The Morgan fingerprint density at radius 2 is 1.93 bits per heavy atom. The Bertz CT molecular complexity index is 820. The lowest BCUT2D eigenvalue weighted by Crippen LogP contribution is -2.30. The van der Waals surface area contributed by atoms with Crippen LogP contribution in [0.15, 0.2) is 18.2 Å². The van der Waals surface area contributed by atoms with Gasteiger partial charge in [0.25, 0.3) is 5.91 Å². The zero-order valence-corrected chi connectivity index (χ0v) is 16.4. The Kier molecular flexibility index (Phi) is 7.14. The number of nitrogens with zero attached hydrogens (tertiary/aromatic N) is 1. The minimum absolute atomic E-state index is 0.274. The molecule has 0 radical (unpaired) electrons. The van der Waals surface area contributed by atoms with E-state index in [1.165, 1.54) is 25.6 Å². The smallest absolute Gasteiger partial charge is 0.305 e. The molecule has 0 aliphatic carbocycles. The average molecular weight is 394 g/mol. The number of carboxylic acid groups (broad SMARTS) is 1. The highest BCUT2D eigenvalue weighted by Gasteiger charge is 2.23. The zero-order valence-electron chi connectivity index (χ0n) is 15.6. The van der Waals surface area contributed by atoms with Gasteiger partial charge in [0.15, 0.2) is 11.5 Å². The van der Waals surface area contributed by atoms with E-state index < -0.39 is 12.0 Å². The SMILES string of the molecule is COCc1nc(C)c(C(=O)NC(CC(=O)O)c2ccc(OC)c(OC)c2)s1. The third-order valence-corrected chi connectivity index (χ3v) is 4.94. The number of benzene rings is 1. The van der Waals surface area contributed by atoms with Crippen molar-refractivity contribution in [1.29, 1.82) is 0 Å². The number of methoxy groups -OCH3 is 3. The highest BCUT2D eigenvalue weighted by atomic mass is 32.1. The summed E-state index contributed by atoms with van der Waals surface area (Å²) in [5.74, 6) is -0.440. The molecule has 1 aromatic carbocycles. The summed E-state index contributed by atoms with van der Waals surface area (Å²) in [6, 6.07) is 4.29. The lowest BCUT2D eigenvalue weighted by Gasteiger charge is -2.19. The van der Waals surface area contributed by atoms with Crippen LogP contribution >= 0.6 is 11.3 Å². The number of rotatable bonds is 9. The number of hydrogen-bond donors (Lipinski definition) is 2. The summed E-state index contributed by atoms with van der Waals surface area (Å²) in [5, 5.41) is 12.7. The molecule has 0 aliphatic rings. The number of amides is 1. The van der Waals surface area contributed by atoms with Gasteiger partial charge in [0.05, 0.1) is 39.0 Å². The van der Waals surface area contributed by atoms with Gasteiger partial charge in [-0.1, -0.05) is 6.07 Å². The van der Waals surface area contributed by atoms with Gasteiger partial charge in [-0.25, -0.2) is 4.98 Å². The maximum Gasteiger partial charge on any atom is 0.305 e. The molecule has 2 N–H and O–H groups in total. The van der Waals surface area contributed by atoms with E-state index in [4.69, 9.17) is 14.2 Å². The molecular formula is C18H22N2O6S. The summed E-state index contributed by atoms with van der Waals surface area (Å²) < 4.78 is 15.5. The van der Waals surface area contributed by atoms with Crippen LogP contribution in [0.1, 0.15) is 38.4 Å². The fraction of sp³-hybridized carbons (Fsp3) is 0.389. The molecule has 0 saturated carbocycles. The molecule has 1 atom stereocenters. The number of carbonyl (C=O) groups is 2. The highest BCUT2D eigenvalue weighted by molar-refractivity contribution is 7.13. The Balaban J connectivity index is 2.29. The number of carbonyl (C=O) groups excluding carboxylic acids is 1. The highest BCUT2D eigenvalue weighted by Crippen LogP contribution is 2.31. The number of carboxylic acids is 1. The summed E-state index contributed by atoms with van der Waals surface area (Å²) in [4.78, 5) is 28.7. The van der Waals surface area contributed by atoms with Crippen LogP contribution in [0.4, 0.5) is 0 Å². The maximum atomic E-state index is 12.7.